The van der Waals surface area contributed by atoms with E-state index in [1.54, 1.807) is 6.08 Å². The van der Waals surface area contributed by atoms with E-state index in [1.165, 1.54) is 6.92 Å². The van der Waals surface area contributed by atoms with Gasteiger partial charge in [0.25, 0.3) is 0 Å². The number of carboxylic acids is 1. The van der Waals surface area contributed by atoms with Crippen LogP contribution in [0.5, 0.6) is 0 Å². The number of aliphatic hydroxyl groups excluding tert-OH is 1. The molecule has 0 aromatic heterocycles. The summed E-state index contributed by atoms with van der Waals surface area (Å²) >= 11 is 0. The van der Waals surface area contributed by atoms with Crippen LogP contribution in [0.1, 0.15) is 22.8 Å². The molecule has 5 heteroatoms. The fraction of sp³-hybridized carbons (Fsp3) is 0.231. The van der Waals surface area contributed by atoms with Crippen LogP contribution in [-0.4, -0.2) is 34.1 Å². The summed E-state index contributed by atoms with van der Waals surface area (Å²) in [4.78, 5) is 20.8. The van der Waals surface area contributed by atoms with Crippen molar-refractivity contribution in [2.75, 3.05) is 0 Å². The summed E-state index contributed by atoms with van der Waals surface area (Å²) < 4.78 is 0. The van der Waals surface area contributed by atoms with Gasteiger partial charge in [0, 0.05) is 5.56 Å². The van der Waals surface area contributed by atoms with Crippen LogP contribution in [-0.2, 0) is 4.79 Å². The van der Waals surface area contributed by atoms with Gasteiger partial charge in [0.05, 0.1) is 6.10 Å². The van der Waals surface area contributed by atoms with E-state index in [-0.39, 0.29) is 5.78 Å². The van der Waals surface area contributed by atoms with E-state index >= 15 is 0 Å². The number of nitrogens with two attached hydrogens (primary N) is 1. The number of ketones is 1. The van der Waals surface area contributed by atoms with Crippen LogP contribution in [0.2, 0.25) is 0 Å². The van der Waals surface area contributed by atoms with Gasteiger partial charge in [-0.25, -0.2) is 0 Å². The van der Waals surface area contributed by atoms with Crippen molar-refractivity contribution in [3.8, 4) is 0 Å². The molecule has 4 N–H and O–H groups in total. The van der Waals surface area contributed by atoms with E-state index in [4.69, 9.17) is 15.9 Å². The van der Waals surface area contributed by atoms with Gasteiger partial charge in [-0.05, 0) is 18.6 Å². The second-order valence-electron chi connectivity index (χ2n) is 3.89. The Morgan fingerprint density at radius 2 is 1.89 bits per heavy atom. The minimum Gasteiger partial charge on any atom is -0.480 e. The fourth-order valence-electron chi connectivity index (χ4n) is 1.33. The Morgan fingerprint density at radius 1 is 1.28 bits per heavy atom. The topological polar surface area (TPSA) is 101 Å². The summed E-state index contributed by atoms with van der Waals surface area (Å²) in [5.41, 5.74) is 6.77. The van der Waals surface area contributed by atoms with Gasteiger partial charge in [-0.3, -0.25) is 9.59 Å². The van der Waals surface area contributed by atoms with Gasteiger partial charge in [0.1, 0.15) is 6.04 Å². The van der Waals surface area contributed by atoms with E-state index in [0.29, 0.717) is 0 Å². The zero-order chi connectivity index (χ0) is 13.7. The predicted octanol–water partition coefficient (Wildman–Crippen LogP) is 0.675. The van der Waals surface area contributed by atoms with E-state index < -0.39 is 18.1 Å². The van der Waals surface area contributed by atoms with Crippen molar-refractivity contribution in [3.05, 3.63) is 41.5 Å². The Kier molecular flexibility index (Phi) is 4.76. The van der Waals surface area contributed by atoms with Crippen LogP contribution in [0.4, 0.5) is 0 Å². The molecule has 0 aliphatic heterocycles. The molecule has 1 aromatic carbocycles. The Morgan fingerprint density at radius 3 is 2.33 bits per heavy atom. The summed E-state index contributed by atoms with van der Waals surface area (Å²) in [6, 6.07) is 6.44. The number of aliphatic hydroxyl groups is 1. The Hall–Kier alpha value is -1.98. The highest BCUT2D eigenvalue weighted by atomic mass is 16.4. The summed E-state index contributed by atoms with van der Waals surface area (Å²) in [5.74, 6) is -1.06. The van der Waals surface area contributed by atoms with Gasteiger partial charge in [-0.1, -0.05) is 30.3 Å². The number of benzene rings is 1. The first-order valence-electron chi connectivity index (χ1n) is 5.41. The molecule has 5 nitrogen and oxygen atoms in total. The number of fused-ring (bicyclic) bond motifs is 1. The zero-order valence-electron chi connectivity index (χ0n) is 9.91. The van der Waals surface area contributed by atoms with Crippen molar-refractivity contribution in [2.24, 2.45) is 5.73 Å². The normalized spacial score (nSPS) is 15.4. The monoisotopic (exact) mass is 249 g/mol. The third-order valence-electron chi connectivity index (χ3n) is 2.45. The molecule has 0 fully saturated rings. The minimum atomic E-state index is -1.18. The first kappa shape index (κ1) is 14.1. The van der Waals surface area contributed by atoms with Gasteiger partial charge >= 0.3 is 5.97 Å². The molecule has 0 bridgehead atoms. The van der Waals surface area contributed by atoms with Gasteiger partial charge in [0.2, 0.25) is 0 Å². The van der Waals surface area contributed by atoms with Crippen LogP contribution in [0, 0.1) is 0 Å². The number of allylic oxidation sites excluding steroid dienone is 1. The van der Waals surface area contributed by atoms with Crippen molar-refractivity contribution in [1.29, 1.82) is 0 Å². The number of hydrogen-bond donors (Lipinski definition) is 3. The average molecular weight is 249 g/mol. The lowest BCUT2D eigenvalue weighted by Crippen LogP contribution is -2.39. The largest absolute Gasteiger partial charge is 0.480 e. The first-order valence-corrected chi connectivity index (χ1v) is 5.41. The lowest BCUT2D eigenvalue weighted by Gasteiger charge is -2.06. The molecule has 2 atom stereocenters. The van der Waals surface area contributed by atoms with Crippen LogP contribution in [0.25, 0.3) is 6.08 Å². The van der Waals surface area contributed by atoms with Gasteiger partial charge < -0.3 is 15.9 Å². The highest BCUT2D eigenvalue weighted by Crippen LogP contribution is 2.17. The number of carboxylic acid groups (broad SMARTS) is 1. The maximum atomic E-state index is 11.0. The van der Waals surface area contributed by atoms with Gasteiger partial charge in [-0.15, -0.1) is 0 Å². The third-order valence-corrected chi connectivity index (χ3v) is 2.45. The van der Waals surface area contributed by atoms with E-state index in [9.17, 15) is 9.59 Å². The SMILES string of the molecule is CC(O)C(N)C(=O)O.O=C1C=Cc2ccccc21. The molecule has 1 aliphatic carbocycles. The molecule has 2 rings (SSSR count). The summed E-state index contributed by atoms with van der Waals surface area (Å²) in [7, 11) is 0. The fourth-order valence-corrected chi connectivity index (χ4v) is 1.33. The number of aliphatic carboxylic acids is 1. The molecular weight excluding hydrogens is 234 g/mol. The Balaban J connectivity index is 0.000000187. The Bertz CT molecular complexity index is 480. The number of rotatable bonds is 2. The van der Waals surface area contributed by atoms with Crippen molar-refractivity contribution in [2.45, 2.75) is 19.1 Å². The molecule has 1 aromatic rings. The standard InChI is InChI=1S/C9H6O.C4H9NO3/c10-9-6-5-7-3-1-2-4-8(7)9;1-2(6)3(5)4(7)8/h1-6H;2-3,6H,5H2,1H3,(H,7,8). The first-order chi connectivity index (χ1) is 8.43. The molecule has 0 saturated heterocycles. The Labute approximate surface area is 105 Å². The number of carbonyl (C=O) groups is 2. The molecule has 0 amide bonds. The van der Waals surface area contributed by atoms with Gasteiger partial charge in [0.15, 0.2) is 5.78 Å². The molecule has 1 aliphatic rings. The molecule has 0 radical (unpaired) electrons. The third kappa shape index (κ3) is 3.51. The van der Waals surface area contributed by atoms with E-state index in [0.717, 1.165) is 11.1 Å². The van der Waals surface area contributed by atoms with Crippen LogP contribution < -0.4 is 5.73 Å². The maximum absolute atomic E-state index is 11.0. The molecule has 0 saturated carbocycles. The zero-order valence-corrected chi connectivity index (χ0v) is 9.91. The summed E-state index contributed by atoms with van der Waals surface area (Å²) in [6.07, 6.45) is 2.47. The summed E-state index contributed by atoms with van der Waals surface area (Å²) in [5, 5.41) is 16.6. The van der Waals surface area contributed by atoms with Crippen LogP contribution in [0.3, 0.4) is 0 Å². The quantitative estimate of drug-likeness (QED) is 0.715. The molecule has 96 valence electrons. The lowest BCUT2D eigenvalue weighted by atomic mass is 10.1. The highest BCUT2D eigenvalue weighted by Gasteiger charge is 2.16. The average Bonchev–Trinajstić information content (AvgIpc) is 2.71. The maximum Gasteiger partial charge on any atom is 0.323 e. The molecule has 0 spiro atoms. The van der Waals surface area contributed by atoms with Crippen molar-refractivity contribution in [1.82, 2.24) is 0 Å². The smallest absolute Gasteiger partial charge is 0.323 e. The highest BCUT2D eigenvalue weighted by molar-refractivity contribution is 6.13. The molecule has 0 heterocycles. The van der Waals surface area contributed by atoms with Crippen molar-refractivity contribution >= 4 is 17.8 Å². The predicted molar refractivity (Wildman–Crippen MR) is 67.1 cm³/mol. The minimum absolute atomic E-state index is 0.121. The van der Waals surface area contributed by atoms with E-state index in [1.807, 2.05) is 30.3 Å². The van der Waals surface area contributed by atoms with Crippen LogP contribution in [0.15, 0.2) is 30.3 Å². The second-order valence-corrected chi connectivity index (χ2v) is 3.89. The van der Waals surface area contributed by atoms with Crippen molar-refractivity contribution in [3.63, 3.8) is 0 Å². The molecular formula is C13H15NO4. The molecule has 18 heavy (non-hydrogen) atoms. The number of carbonyl (C=O) groups excluding carboxylic acids is 1. The summed E-state index contributed by atoms with van der Waals surface area (Å²) in [6.45, 7) is 1.33. The van der Waals surface area contributed by atoms with Gasteiger partial charge in [-0.2, -0.15) is 0 Å². The molecule has 2 unspecified atom stereocenters. The van der Waals surface area contributed by atoms with E-state index in [2.05, 4.69) is 0 Å². The van der Waals surface area contributed by atoms with Crippen molar-refractivity contribution < 1.29 is 19.8 Å². The number of hydrogen-bond acceptors (Lipinski definition) is 4. The lowest BCUT2D eigenvalue weighted by molar-refractivity contribution is -0.140. The van der Waals surface area contributed by atoms with Crippen LogP contribution >= 0.6 is 0 Å². The second kappa shape index (κ2) is 6.09.